The Kier molecular flexibility index (Phi) is 8.05. The molecule has 0 fully saturated rings. The van der Waals surface area contributed by atoms with Gasteiger partial charge in [-0.05, 0) is 36.8 Å². The average molecular weight is 379 g/mol. The van der Waals surface area contributed by atoms with Crippen LogP contribution in [0.15, 0.2) is 42.5 Å². The third-order valence-corrected chi connectivity index (χ3v) is 3.69. The van der Waals surface area contributed by atoms with Gasteiger partial charge in [-0.25, -0.2) is 4.79 Å². The maximum atomic E-state index is 12.1. The van der Waals surface area contributed by atoms with Gasteiger partial charge in [0.1, 0.15) is 19.0 Å². The smallest absolute Gasteiger partial charge is 0.319 e. The van der Waals surface area contributed by atoms with E-state index in [1.54, 1.807) is 25.3 Å². The van der Waals surface area contributed by atoms with E-state index in [1.807, 2.05) is 31.2 Å². The fourth-order valence-electron chi connectivity index (χ4n) is 2.19. The second-order valence-corrected chi connectivity index (χ2v) is 5.91. The molecular weight excluding hydrogens is 356 g/mol. The van der Waals surface area contributed by atoms with Crippen LogP contribution >= 0.6 is 11.6 Å². The number of para-hydroxylation sites is 1. The van der Waals surface area contributed by atoms with Crippen LogP contribution in [0.25, 0.3) is 0 Å². The molecule has 0 aliphatic rings. The van der Waals surface area contributed by atoms with E-state index in [9.17, 15) is 4.79 Å². The fourth-order valence-corrected chi connectivity index (χ4v) is 2.42. The van der Waals surface area contributed by atoms with Gasteiger partial charge >= 0.3 is 6.03 Å². The van der Waals surface area contributed by atoms with Crippen molar-refractivity contribution in [3.05, 3.63) is 53.1 Å². The summed E-state index contributed by atoms with van der Waals surface area (Å²) in [7, 11) is 1.58. The first-order valence-electron chi connectivity index (χ1n) is 8.24. The van der Waals surface area contributed by atoms with Crippen LogP contribution in [0.2, 0.25) is 5.02 Å². The van der Waals surface area contributed by atoms with Crippen LogP contribution in [0.5, 0.6) is 11.5 Å². The average Bonchev–Trinajstić information content (AvgIpc) is 2.61. The number of halogens is 1. The number of nitrogens with one attached hydrogen (secondary N) is 2. The fraction of sp³-hybridized carbons (Fsp3) is 0.316. The van der Waals surface area contributed by atoms with Crippen LogP contribution in [0.1, 0.15) is 5.56 Å². The molecule has 0 spiro atoms. The Balaban J connectivity index is 1.81. The number of hydrogen-bond acceptors (Lipinski definition) is 4. The van der Waals surface area contributed by atoms with Gasteiger partial charge in [0, 0.05) is 7.11 Å². The minimum Gasteiger partial charge on any atom is -0.492 e. The highest BCUT2D eigenvalue weighted by Gasteiger charge is 2.11. The third kappa shape index (κ3) is 6.46. The van der Waals surface area contributed by atoms with Crippen molar-refractivity contribution in [2.24, 2.45) is 0 Å². The molecule has 2 amide bonds. The van der Waals surface area contributed by atoms with Gasteiger partial charge in [-0.3, -0.25) is 0 Å². The summed E-state index contributed by atoms with van der Waals surface area (Å²) in [4.78, 5) is 12.1. The summed E-state index contributed by atoms with van der Waals surface area (Å²) in [5.74, 6) is 1.19. The van der Waals surface area contributed by atoms with E-state index in [2.05, 4.69) is 10.6 Å². The molecule has 0 saturated carbocycles. The quantitative estimate of drug-likeness (QED) is 0.650. The number of hydrogen-bond donors (Lipinski definition) is 2. The van der Waals surface area contributed by atoms with Crippen LogP contribution in [0.4, 0.5) is 10.5 Å². The van der Waals surface area contributed by atoms with E-state index in [0.717, 1.165) is 11.3 Å². The molecule has 0 radical (unpaired) electrons. The van der Waals surface area contributed by atoms with E-state index >= 15 is 0 Å². The molecule has 0 aromatic heterocycles. The summed E-state index contributed by atoms with van der Waals surface area (Å²) in [6.07, 6.45) is 0. The first-order valence-corrected chi connectivity index (χ1v) is 8.62. The Morgan fingerprint density at radius 2 is 1.88 bits per heavy atom. The molecule has 0 saturated heterocycles. The number of amides is 2. The number of benzene rings is 2. The van der Waals surface area contributed by atoms with Crippen molar-refractivity contribution in [3.63, 3.8) is 0 Å². The van der Waals surface area contributed by atoms with Gasteiger partial charge in [0.2, 0.25) is 0 Å². The zero-order valence-electron chi connectivity index (χ0n) is 14.9. The van der Waals surface area contributed by atoms with Crippen LogP contribution in [-0.2, 0) is 4.74 Å². The van der Waals surface area contributed by atoms with Crippen LogP contribution in [0.3, 0.4) is 0 Å². The Hall–Kier alpha value is -2.44. The van der Waals surface area contributed by atoms with Gasteiger partial charge < -0.3 is 24.8 Å². The van der Waals surface area contributed by atoms with Crippen molar-refractivity contribution in [2.75, 3.05) is 38.8 Å². The maximum Gasteiger partial charge on any atom is 0.319 e. The molecule has 2 N–H and O–H groups in total. The van der Waals surface area contributed by atoms with Crippen molar-refractivity contribution in [1.82, 2.24) is 5.32 Å². The first-order chi connectivity index (χ1) is 12.6. The van der Waals surface area contributed by atoms with Crippen molar-refractivity contribution in [2.45, 2.75) is 6.92 Å². The summed E-state index contributed by atoms with van der Waals surface area (Å²) >= 11 is 6.14. The Morgan fingerprint density at radius 3 is 2.65 bits per heavy atom. The summed E-state index contributed by atoms with van der Waals surface area (Å²) in [5, 5.41) is 5.88. The van der Waals surface area contributed by atoms with Gasteiger partial charge in [-0.15, -0.1) is 0 Å². The summed E-state index contributed by atoms with van der Waals surface area (Å²) in [6.45, 7) is 3.48. The molecule has 0 heterocycles. The third-order valence-electron chi connectivity index (χ3n) is 3.39. The molecule has 26 heavy (non-hydrogen) atoms. The van der Waals surface area contributed by atoms with Crippen LogP contribution in [0, 0.1) is 6.92 Å². The predicted octanol–water partition coefficient (Wildman–Crippen LogP) is 3.87. The monoisotopic (exact) mass is 378 g/mol. The van der Waals surface area contributed by atoms with Crippen molar-refractivity contribution in [1.29, 1.82) is 0 Å². The largest absolute Gasteiger partial charge is 0.492 e. The molecule has 0 aliphatic carbocycles. The van der Waals surface area contributed by atoms with Gasteiger partial charge in [0.15, 0.2) is 5.75 Å². The number of urea groups is 1. The molecule has 0 unspecified atom stereocenters. The molecule has 0 bridgehead atoms. The molecule has 2 aromatic rings. The normalized spacial score (nSPS) is 10.3. The van der Waals surface area contributed by atoms with Crippen LogP contribution in [-0.4, -0.2) is 39.5 Å². The van der Waals surface area contributed by atoms with E-state index in [0.29, 0.717) is 42.8 Å². The van der Waals surface area contributed by atoms with E-state index in [1.165, 1.54) is 0 Å². The Labute approximate surface area is 158 Å². The van der Waals surface area contributed by atoms with Gasteiger partial charge in [-0.2, -0.15) is 0 Å². The summed E-state index contributed by atoms with van der Waals surface area (Å²) in [6, 6.07) is 12.5. The molecule has 7 heteroatoms. The molecule has 2 rings (SSSR count). The molecule has 0 aliphatic heterocycles. The number of carbonyl (C=O) groups excluding carboxylic acids is 1. The number of carbonyl (C=O) groups is 1. The molecule has 2 aromatic carbocycles. The Bertz CT molecular complexity index is 724. The van der Waals surface area contributed by atoms with Gasteiger partial charge in [0.25, 0.3) is 0 Å². The molecular formula is C19H23ClN2O4. The predicted molar refractivity (Wildman–Crippen MR) is 103 cm³/mol. The topological polar surface area (TPSA) is 68.8 Å². The highest BCUT2D eigenvalue weighted by molar-refractivity contribution is 6.32. The highest BCUT2D eigenvalue weighted by Crippen LogP contribution is 2.32. The second kappa shape index (κ2) is 10.5. The lowest BCUT2D eigenvalue weighted by Crippen LogP contribution is -2.32. The molecule has 140 valence electrons. The van der Waals surface area contributed by atoms with Gasteiger partial charge in [-0.1, -0.05) is 29.8 Å². The lowest BCUT2D eigenvalue weighted by molar-refractivity contribution is 0.146. The SMILES string of the molecule is COCCOc1c(Cl)cccc1NC(=O)NCCOc1cccc(C)c1. The highest BCUT2D eigenvalue weighted by atomic mass is 35.5. The zero-order valence-corrected chi connectivity index (χ0v) is 15.6. The first kappa shape index (κ1) is 19.9. The number of anilines is 1. The maximum absolute atomic E-state index is 12.1. The lowest BCUT2D eigenvalue weighted by Gasteiger charge is -2.14. The van der Waals surface area contributed by atoms with E-state index in [-0.39, 0.29) is 6.03 Å². The van der Waals surface area contributed by atoms with Crippen molar-refractivity contribution in [3.8, 4) is 11.5 Å². The number of ether oxygens (including phenoxy) is 3. The van der Waals surface area contributed by atoms with Gasteiger partial charge in [0.05, 0.1) is 23.9 Å². The van der Waals surface area contributed by atoms with E-state index in [4.69, 9.17) is 25.8 Å². The minimum atomic E-state index is -0.364. The van der Waals surface area contributed by atoms with Crippen LogP contribution < -0.4 is 20.1 Å². The molecule has 6 nitrogen and oxygen atoms in total. The molecule has 0 atom stereocenters. The van der Waals surface area contributed by atoms with E-state index < -0.39 is 0 Å². The lowest BCUT2D eigenvalue weighted by atomic mass is 10.2. The number of aryl methyl sites for hydroxylation is 1. The number of rotatable bonds is 9. The Morgan fingerprint density at radius 1 is 1.08 bits per heavy atom. The summed E-state index contributed by atoms with van der Waals surface area (Å²) in [5.41, 5.74) is 1.61. The zero-order chi connectivity index (χ0) is 18.8. The van der Waals surface area contributed by atoms with Crippen molar-refractivity contribution >= 4 is 23.3 Å². The second-order valence-electron chi connectivity index (χ2n) is 5.50. The summed E-state index contributed by atoms with van der Waals surface area (Å²) < 4.78 is 16.1. The van der Waals surface area contributed by atoms with Crippen molar-refractivity contribution < 1.29 is 19.0 Å². The standard InChI is InChI=1S/C19H23ClN2O4/c1-14-5-3-6-15(13-14)25-10-9-21-19(23)22-17-8-4-7-16(20)18(17)26-12-11-24-2/h3-8,13H,9-12H2,1-2H3,(H2,21,22,23). The minimum absolute atomic E-state index is 0.334. The number of methoxy groups -OCH3 is 1.